The number of hydrogen-bond donors (Lipinski definition) is 2. The number of anilines is 1. The highest BCUT2D eigenvalue weighted by molar-refractivity contribution is 5.88. The summed E-state index contributed by atoms with van der Waals surface area (Å²) >= 11 is 0. The maximum absolute atomic E-state index is 12.4. The smallest absolute Gasteiger partial charge is 0.320 e. The van der Waals surface area contributed by atoms with Gasteiger partial charge in [-0.05, 0) is 24.6 Å². The Hall–Kier alpha value is -3.28. The summed E-state index contributed by atoms with van der Waals surface area (Å²) in [5.41, 5.74) is 3.03. The fourth-order valence-electron chi connectivity index (χ4n) is 3.16. The van der Waals surface area contributed by atoms with Gasteiger partial charge in [0.15, 0.2) is 5.82 Å². The second-order valence-electron chi connectivity index (χ2n) is 6.26. The van der Waals surface area contributed by atoms with E-state index in [1.165, 1.54) is 0 Å². The lowest BCUT2D eigenvalue weighted by Crippen LogP contribution is -2.35. The van der Waals surface area contributed by atoms with E-state index in [1.54, 1.807) is 10.7 Å². The summed E-state index contributed by atoms with van der Waals surface area (Å²) in [6.07, 6.45) is 2.56. The molecule has 0 saturated heterocycles. The summed E-state index contributed by atoms with van der Waals surface area (Å²) in [5, 5.41) is 10.2. The normalized spacial score (nSPS) is 15.7. The van der Waals surface area contributed by atoms with Crippen LogP contribution in [-0.4, -0.2) is 22.4 Å². The first-order valence-electron chi connectivity index (χ1n) is 8.61. The van der Waals surface area contributed by atoms with Crippen LogP contribution in [0.4, 0.5) is 10.6 Å². The number of nitrogens with zero attached hydrogens (tertiary/aromatic N) is 2. The highest BCUT2D eigenvalue weighted by atomic mass is 16.5. The van der Waals surface area contributed by atoms with Gasteiger partial charge in [0.2, 0.25) is 0 Å². The van der Waals surface area contributed by atoms with Crippen molar-refractivity contribution in [2.75, 3.05) is 11.9 Å². The van der Waals surface area contributed by atoms with E-state index in [1.807, 2.05) is 61.7 Å². The molecule has 2 N–H and O–H groups in total. The van der Waals surface area contributed by atoms with Crippen LogP contribution in [0.2, 0.25) is 0 Å². The monoisotopic (exact) mass is 348 g/mol. The van der Waals surface area contributed by atoms with E-state index in [-0.39, 0.29) is 12.1 Å². The molecule has 0 fully saturated rings. The van der Waals surface area contributed by atoms with Gasteiger partial charge >= 0.3 is 6.03 Å². The maximum atomic E-state index is 12.4. The summed E-state index contributed by atoms with van der Waals surface area (Å²) in [7, 11) is 0. The van der Waals surface area contributed by atoms with Crippen molar-refractivity contribution in [3.8, 4) is 11.4 Å². The number of nitrogens with one attached hydrogen (secondary N) is 2. The first-order valence-corrected chi connectivity index (χ1v) is 8.61. The summed E-state index contributed by atoms with van der Waals surface area (Å²) in [6.45, 7) is 2.60. The Kier molecular flexibility index (Phi) is 4.31. The second kappa shape index (κ2) is 6.92. The van der Waals surface area contributed by atoms with Crippen LogP contribution in [0.1, 0.15) is 23.6 Å². The molecule has 0 spiro atoms. The molecule has 3 aromatic rings. The van der Waals surface area contributed by atoms with E-state index in [0.29, 0.717) is 12.4 Å². The molecule has 4 rings (SSSR count). The lowest BCUT2D eigenvalue weighted by atomic mass is 9.98. The molecule has 2 heterocycles. The predicted molar refractivity (Wildman–Crippen MR) is 99.8 cm³/mol. The van der Waals surface area contributed by atoms with E-state index in [9.17, 15) is 4.79 Å². The Morgan fingerprint density at radius 2 is 2.00 bits per heavy atom. The van der Waals surface area contributed by atoms with Crippen LogP contribution in [0.3, 0.4) is 0 Å². The van der Waals surface area contributed by atoms with E-state index in [4.69, 9.17) is 4.74 Å². The Labute approximate surface area is 151 Å². The number of para-hydroxylation sites is 2. The molecule has 0 unspecified atom stereocenters. The minimum atomic E-state index is -0.275. The van der Waals surface area contributed by atoms with Crippen LogP contribution in [0.5, 0.6) is 5.75 Å². The van der Waals surface area contributed by atoms with Gasteiger partial charge < -0.3 is 10.1 Å². The molecule has 0 saturated carbocycles. The molecule has 1 atom stereocenters. The first-order chi connectivity index (χ1) is 12.7. The second-order valence-corrected chi connectivity index (χ2v) is 6.26. The third-order valence-electron chi connectivity index (χ3n) is 4.43. The van der Waals surface area contributed by atoms with Gasteiger partial charge in [-0.1, -0.05) is 36.4 Å². The molecule has 26 heavy (non-hydrogen) atoms. The quantitative estimate of drug-likeness (QED) is 0.756. The number of urea groups is 1. The average Bonchev–Trinajstić information content (AvgIpc) is 3.12. The van der Waals surface area contributed by atoms with Gasteiger partial charge in [0.25, 0.3) is 0 Å². The lowest BCUT2D eigenvalue weighted by molar-refractivity contribution is 0.231. The summed E-state index contributed by atoms with van der Waals surface area (Å²) < 4.78 is 7.47. The number of fused-ring (bicyclic) bond motifs is 1. The van der Waals surface area contributed by atoms with Crippen molar-refractivity contribution >= 4 is 11.8 Å². The Balaban J connectivity index is 1.44. The number of rotatable bonds is 3. The van der Waals surface area contributed by atoms with Crippen LogP contribution in [-0.2, 0) is 0 Å². The molecule has 1 aliphatic rings. The van der Waals surface area contributed by atoms with Gasteiger partial charge in [0.1, 0.15) is 5.75 Å². The highest BCUT2D eigenvalue weighted by Gasteiger charge is 2.24. The lowest BCUT2D eigenvalue weighted by Gasteiger charge is -2.27. The molecule has 1 aliphatic heterocycles. The number of hydrogen-bond acceptors (Lipinski definition) is 3. The minimum absolute atomic E-state index is 0.0742. The van der Waals surface area contributed by atoms with Crippen molar-refractivity contribution in [2.24, 2.45) is 0 Å². The van der Waals surface area contributed by atoms with Crippen molar-refractivity contribution < 1.29 is 9.53 Å². The highest BCUT2D eigenvalue weighted by Crippen LogP contribution is 2.34. The van der Waals surface area contributed by atoms with Crippen molar-refractivity contribution in [3.05, 3.63) is 71.9 Å². The van der Waals surface area contributed by atoms with Gasteiger partial charge in [-0.15, -0.1) is 5.10 Å². The largest absolute Gasteiger partial charge is 0.493 e. The van der Waals surface area contributed by atoms with Crippen molar-refractivity contribution in [2.45, 2.75) is 19.4 Å². The Morgan fingerprint density at radius 3 is 2.85 bits per heavy atom. The number of carbonyl (C=O) groups excluding carboxylic acids is 1. The topological polar surface area (TPSA) is 68.2 Å². The number of benzene rings is 2. The van der Waals surface area contributed by atoms with E-state index < -0.39 is 0 Å². The molecule has 6 heteroatoms. The standard InChI is InChI=1S/C20H20N4O2/c1-14-6-5-9-16-17(11-13-26-19(14)16)21-20(25)22-18-10-12-24(23-18)15-7-3-2-4-8-15/h2-10,12,17H,11,13H2,1H3,(H2,21,22,23,25)/t17-/m0/s1. The van der Waals surface area contributed by atoms with Gasteiger partial charge in [0, 0.05) is 24.2 Å². The van der Waals surface area contributed by atoms with Crippen LogP contribution >= 0.6 is 0 Å². The number of ether oxygens (including phenoxy) is 1. The van der Waals surface area contributed by atoms with Crippen molar-refractivity contribution in [1.29, 1.82) is 0 Å². The van der Waals surface area contributed by atoms with Gasteiger partial charge in [-0.3, -0.25) is 5.32 Å². The maximum Gasteiger partial charge on any atom is 0.320 e. The molecular weight excluding hydrogens is 328 g/mol. The van der Waals surface area contributed by atoms with Crippen LogP contribution in [0.25, 0.3) is 5.69 Å². The number of amides is 2. The van der Waals surface area contributed by atoms with Gasteiger partial charge in [0.05, 0.1) is 18.3 Å². The average molecular weight is 348 g/mol. The third-order valence-corrected chi connectivity index (χ3v) is 4.43. The molecule has 2 amide bonds. The van der Waals surface area contributed by atoms with Gasteiger partial charge in [-0.25, -0.2) is 9.48 Å². The van der Waals surface area contributed by atoms with Crippen molar-refractivity contribution in [1.82, 2.24) is 15.1 Å². The Bertz CT molecular complexity index is 921. The van der Waals surface area contributed by atoms with Gasteiger partial charge in [-0.2, -0.15) is 0 Å². The zero-order chi connectivity index (χ0) is 17.9. The van der Waals surface area contributed by atoms with E-state index >= 15 is 0 Å². The zero-order valence-electron chi connectivity index (χ0n) is 14.5. The first kappa shape index (κ1) is 16.2. The fraction of sp³-hybridized carbons (Fsp3) is 0.200. The number of aromatic nitrogens is 2. The molecular formula is C20H20N4O2. The summed E-state index contributed by atoms with van der Waals surface area (Å²) in [5.74, 6) is 1.38. The van der Waals surface area contributed by atoms with E-state index in [2.05, 4.69) is 15.7 Å². The van der Waals surface area contributed by atoms with Crippen LogP contribution < -0.4 is 15.4 Å². The molecule has 6 nitrogen and oxygen atoms in total. The third kappa shape index (κ3) is 3.26. The number of carbonyl (C=O) groups is 1. The number of aryl methyl sites for hydroxylation is 1. The van der Waals surface area contributed by atoms with Crippen LogP contribution in [0, 0.1) is 6.92 Å². The zero-order valence-corrected chi connectivity index (χ0v) is 14.5. The molecule has 1 aromatic heterocycles. The van der Waals surface area contributed by atoms with Crippen molar-refractivity contribution in [3.63, 3.8) is 0 Å². The Morgan fingerprint density at radius 1 is 1.15 bits per heavy atom. The molecule has 0 aliphatic carbocycles. The fourth-order valence-corrected chi connectivity index (χ4v) is 3.16. The summed E-state index contributed by atoms with van der Waals surface area (Å²) in [4.78, 5) is 12.4. The molecule has 2 aromatic carbocycles. The molecule has 0 radical (unpaired) electrons. The molecule has 132 valence electrons. The molecule has 0 bridgehead atoms. The summed E-state index contributed by atoms with van der Waals surface area (Å²) in [6, 6.07) is 17.2. The SMILES string of the molecule is Cc1cccc2c1OCC[C@@H]2NC(=O)Nc1ccn(-c2ccccc2)n1. The van der Waals surface area contributed by atoms with Crippen LogP contribution in [0.15, 0.2) is 60.8 Å². The minimum Gasteiger partial charge on any atom is -0.493 e. The predicted octanol–water partition coefficient (Wildman–Crippen LogP) is 3.83. The van der Waals surface area contributed by atoms with E-state index in [0.717, 1.165) is 29.0 Å².